The number of anilines is 1. The molecule has 2 aromatic carbocycles. The van der Waals surface area contributed by atoms with Crippen molar-refractivity contribution in [2.75, 3.05) is 32.6 Å². The van der Waals surface area contributed by atoms with E-state index in [2.05, 4.69) is 5.32 Å². The highest BCUT2D eigenvalue weighted by Crippen LogP contribution is 2.31. The van der Waals surface area contributed by atoms with Gasteiger partial charge in [-0.1, -0.05) is 12.1 Å². The van der Waals surface area contributed by atoms with Gasteiger partial charge in [-0.15, -0.1) is 0 Å². The molecule has 1 atom stereocenters. The Labute approximate surface area is 180 Å². The second-order valence-corrected chi connectivity index (χ2v) is 8.93. The molecule has 0 unspecified atom stereocenters. The number of esters is 1. The summed E-state index contributed by atoms with van der Waals surface area (Å²) in [6, 6.07) is 9.67. The average molecular weight is 450 g/mol. The molecule has 8 nitrogen and oxygen atoms in total. The SMILES string of the molecule is COC(=O)c1ccccc1NC(=O)[C@H]1CCCN(S(=O)(=O)c2cc(F)ccc2OC)C1. The normalized spacial score (nSPS) is 17.1. The Balaban J connectivity index is 1.80. The van der Waals surface area contributed by atoms with Crippen molar-refractivity contribution in [3.05, 3.63) is 53.8 Å². The first kappa shape index (κ1) is 22.7. The van der Waals surface area contributed by atoms with E-state index in [4.69, 9.17) is 9.47 Å². The fourth-order valence-corrected chi connectivity index (χ4v) is 5.17. The molecule has 1 aliphatic heterocycles. The van der Waals surface area contributed by atoms with Crippen LogP contribution in [0.5, 0.6) is 5.75 Å². The number of rotatable bonds is 6. The smallest absolute Gasteiger partial charge is 0.339 e. The first-order chi connectivity index (χ1) is 14.8. The number of amides is 1. The highest BCUT2D eigenvalue weighted by Gasteiger charge is 2.35. The van der Waals surface area contributed by atoms with E-state index in [0.29, 0.717) is 12.8 Å². The Morgan fingerprint density at radius 1 is 1.16 bits per heavy atom. The minimum absolute atomic E-state index is 0.0278. The summed E-state index contributed by atoms with van der Waals surface area (Å²) in [5, 5.41) is 2.69. The summed E-state index contributed by atoms with van der Waals surface area (Å²) in [6.45, 7) is 0.124. The second-order valence-electron chi connectivity index (χ2n) is 7.02. The predicted octanol–water partition coefficient (Wildman–Crippen LogP) is 2.66. The van der Waals surface area contributed by atoms with Gasteiger partial charge >= 0.3 is 5.97 Å². The molecule has 1 aliphatic rings. The molecule has 2 aromatic rings. The summed E-state index contributed by atoms with van der Waals surface area (Å²) < 4.78 is 50.9. The molecule has 166 valence electrons. The number of methoxy groups -OCH3 is 2. The Kier molecular flexibility index (Phi) is 6.91. The van der Waals surface area contributed by atoms with E-state index in [1.54, 1.807) is 18.2 Å². The molecule has 0 aromatic heterocycles. The number of piperidine rings is 1. The zero-order valence-corrected chi connectivity index (χ0v) is 17.9. The van der Waals surface area contributed by atoms with Crippen molar-refractivity contribution in [2.45, 2.75) is 17.7 Å². The number of hydrogen-bond donors (Lipinski definition) is 1. The number of para-hydroxylation sites is 1. The molecule has 10 heteroatoms. The van der Waals surface area contributed by atoms with E-state index in [0.717, 1.165) is 16.4 Å². The number of ether oxygens (including phenoxy) is 2. The quantitative estimate of drug-likeness (QED) is 0.679. The minimum Gasteiger partial charge on any atom is -0.495 e. The number of nitrogens with one attached hydrogen (secondary N) is 1. The minimum atomic E-state index is -4.08. The van der Waals surface area contributed by atoms with E-state index < -0.39 is 33.6 Å². The van der Waals surface area contributed by atoms with Crippen molar-refractivity contribution in [2.24, 2.45) is 5.92 Å². The zero-order chi connectivity index (χ0) is 22.6. The van der Waals surface area contributed by atoms with Crippen LogP contribution in [0.4, 0.5) is 10.1 Å². The van der Waals surface area contributed by atoms with Gasteiger partial charge in [0.1, 0.15) is 16.5 Å². The monoisotopic (exact) mass is 450 g/mol. The maximum Gasteiger partial charge on any atom is 0.339 e. The maximum atomic E-state index is 13.7. The van der Waals surface area contributed by atoms with E-state index in [-0.39, 0.29) is 35.0 Å². The van der Waals surface area contributed by atoms with Crippen LogP contribution in [-0.4, -0.2) is 51.9 Å². The lowest BCUT2D eigenvalue weighted by Crippen LogP contribution is -2.43. The third-order valence-corrected chi connectivity index (χ3v) is 6.97. The molecule has 3 rings (SSSR count). The van der Waals surface area contributed by atoms with Crippen LogP contribution in [0, 0.1) is 11.7 Å². The lowest BCUT2D eigenvalue weighted by atomic mass is 9.98. The zero-order valence-electron chi connectivity index (χ0n) is 17.1. The molecule has 0 radical (unpaired) electrons. The van der Waals surface area contributed by atoms with E-state index in [1.165, 1.54) is 26.4 Å². The van der Waals surface area contributed by atoms with Gasteiger partial charge in [0.05, 0.1) is 31.4 Å². The first-order valence-electron chi connectivity index (χ1n) is 9.60. The Morgan fingerprint density at radius 3 is 2.61 bits per heavy atom. The molecular weight excluding hydrogens is 427 g/mol. The summed E-state index contributed by atoms with van der Waals surface area (Å²) in [5.41, 5.74) is 0.481. The summed E-state index contributed by atoms with van der Waals surface area (Å²) in [5.74, 6) is -2.33. The summed E-state index contributed by atoms with van der Waals surface area (Å²) in [4.78, 5) is 24.5. The van der Waals surface area contributed by atoms with Crippen molar-refractivity contribution in [3.8, 4) is 5.75 Å². The van der Waals surface area contributed by atoms with Crippen LogP contribution in [0.15, 0.2) is 47.4 Å². The lowest BCUT2D eigenvalue weighted by molar-refractivity contribution is -0.120. The van der Waals surface area contributed by atoms with Crippen molar-refractivity contribution >= 4 is 27.6 Å². The molecule has 1 heterocycles. The van der Waals surface area contributed by atoms with Gasteiger partial charge < -0.3 is 14.8 Å². The van der Waals surface area contributed by atoms with Crippen LogP contribution >= 0.6 is 0 Å². The van der Waals surface area contributed by atoms with Crippen LogP contribution < -0.4 is 10.1 Å². The topological polar surface area (TPSA) is 102 Å². The van der Waals surface area contributed by atoms with E-state index in [1.807, 2.05) is 0 Å². The van der Waals surface area contributed by atoms with Gasteiger partial charge in [0.25, 0.3) is 0 Å². The highest BCUT2D eigenvalue weighted by molar-refractivity contribution is 7.89. The van der Waals surface area contributed by atoms with Gasteiger partial charge in [-0.25, -0.2) is 17.6 Å². The molecular formula is C21H23FN2O6S. The summed E-state index contributed by atoms with van der Waals surface area (Å²) in [7, 11) is -1.53. The molecule has 31 heavy (non-hydrogen) atoms. The summed E-state index contributed by atoms with van der Waals surface area (Å²) in [6.07, 6.45) is 0.923. The molecule has 1 N–H and O–H groups in total. The number of halogens is 1. The molecule has 0 saturated carbocycles. The second kappa shape index (κ2) is 9.44. The lowest BCUT2D eigenvalue weighted by Gasteiger charge is -2.31. The highest BCUT2D eigenvalue weighted by atomic mass is 32.2. The van der Waals surface area contributed by atoms with Crippen LogP contribution in [0.2, 0.25) is 0 Å². The molecule has 1 fully saturated rings. The van der Waals surface area contributed by atoms with Gasteiger partial charge in [-0.05, 0) is 43.2 Å². The van der Waals surface area contributed by atoms with E-state index >= 15 is 0 Å². The number of hydrogen-bond acceptors (Lipinski definition) is 6. The number of carbonyl (C=O) groups is 2. The summed E-state index contributed by atoms with van der Waals surface area (Å²) >= 11 is 0. The van der Waals surface area contributed by atoms with Crippen molar-refractivity contribution in [3.63, 3.8) is 0 Å². The predicted molar refractivity (Wildman–Crippen MR) is 111 cm³/mol. The van der Waals surface area contributed by atoms with Crippen molar-refractivity contribution in [1.82, 2.24) is 4.31 Å². The van der Waals surface area contributed by atoms with Gasteiger partial charge in [0.2, 0.25) is 15.9 Å². The average Bonchev–Trinajstić information content (AvgIpc) is 2.79. The van der Waals surface area contributed by atoms with Crippen molar-refractivity contribution < 1.29 is 31.9 Å². The van der Waals surface area contributed by atoms with Crippen LogP contribution in [0.3, 0.4) is 0 Å². The van der Waals surface area contributed by atoms with Crippen LogP contribution in [-0.2, 0) is 19.6 Å². The maximum absolute atomic E-state index is 13.7. The number of sulfonamides is 1. The first-order valence-corrected chi connectivity index (χ1v) is 11.0. The fraction of sp³-hybridized carbons (Fsp3) is 0.333. The van der Waals surface area contributed by atoms with E-state index in [9.17, 15) is 22.4 Å². The van der Waals surface area contributed by atoms with Gasteiger partial charge in [-0.3, -0.25) is 4.79 Å². The largest absolute Gasteiger partial charge is 0.495 e. The Bertz CT molecular complexity index is 1090. The van der Waals surface area contributed by atoms with Gasteiger partial charge in [0, 0.05) is 13.1 Å². The molecule has 0 aliphatic carbocycles. The fourth-order valence-electron chi connectivity index (χ4n) is 3.48. The van der Waals surface area contributed by atoms with Crippen LogP contribution in [0.1, 0.15) is 23.2 Å². The number of carbonyl (C=O) groups excluding carboxylic acids is 2. The van der Waals surface area contributed by atoms with Crippen LogP contribution in [0.25, 0.3) is 0 Å². The third-order valence-electron chi connectivity index (χ3n) is 5.09. The molecule has 1 amide bonds. The number of nitrogens with zero attached hydrogens (tertiary/aromatic N) is 1. The number of benzene rings is 2. The Hall–Kier alpha value is -2.98. The molecule has 0 bridgehead atoms. The molecule has 0 spiro atoms. The van der Waals surface area contributed by atoms with Gasteiger partial charge in [0.15, 0.2) is 0 Å². The Morgan fingerprint density at radius 2 is 1.90 bits per heavy atom. The molecule has 1 saturated heterocycles. The standard InChI is InChI=1S/C21H23FN2O6S/c1-29-18-10-9-15(22)12-19(18)31(27,28)24-11-5-6-14(13-24)20(25)23-17-8-4-3-7-16(17)21(26)30-2/h3-4,7-10,12,14H,5-6,11,13H2,1-2H3,(H,23,25)/t14-/m0/s1. The van der Waals surface area contributed by atoms with Crippen molar-refractivity contribution in [1.29, 1.82) is 0 Å². The third kappa shape index (κ3) is 4.86. The van der Waals surface area contributed by atoms with Gasteiger partial charge in [-0.2, -0.15) is 4.31 Å².